The summed E-state index contributed by atoms with van der Waals surface area (Å²) in [7, 11) is 3.97. The van der Waals surface area contributed by atoms with Gasteiger partial charge in [-0.1, -0.05) is 0 Å². The molecule has 0 aliphatic carbocycles. The summed E-state index contributed by atoms with van der Waals surface area (Å²) in [6.45, 7) is 8.00. The van der Waals surface area contributed by atoms with E-state index in [0.717, 1.165) is 30.2 Å². The van der Waals surface area contributed by atoms with Gasteiger partial charge in [0.25, 0.3) is 0 Å². The van der Waals surface area contributed by atoms with Crippen LogP contribution < -0.4 is 21.7 Å². The van der Waals surface area contributed by atoms with Crippen LogP contribution in [0.3, 0.4) is 0 Å². The first-order chi connectivity index (χ1) is 16.8. The summed E-state index contributed by atoms with van der Waals surface area (Å²) in [6, 6.07) is 1.99. The smallest absolute Gasteiger partial charge is 0.202 e. The molecule has 0 radical (unpaired) electrons. The highest BCUT2D eigenvalue weighted by Gasteiger charge is 2.20. The molecule has 2 aliphatic heterocycles. The third kappa shape index (κ3) is 6.14. The highest BCUT2D eigenvalue weighted by atomic mass is 16.3. The number of aryl methyl sites for hydroxylation is 1. The number of hydrogen-bond donors (Lipinski definition) is 5. The van der Waals surface area contributed by atoms with Crippen molar-refractivity contribution in [2.24, 2.45) is 25.7 Å². The summed E-state index contributed by atoms with van der Waals surface area (Å²) in [5.41, 5.74) is 9.36. The van der Waals surface area contributed by atoms with Crippen molar-refractivity contribution in [3.8, 4) is 0 Å². The molecule has 0 aromatic carbocycles. The lowest BCUT2D eigenvalue weighted by Gasteiger charge is -2.27. The highest BCUT2D eigenvalue weighted by Crippen LogP contribution is 2.15. The van der Waals surface area contributed by atoms with Crippen LogP contribution in [0.5, 0.6) is 0 Å². The fraction of sp³-hybridized carbons (Fsp3) is 0.478. The molecule has 2 aromatic heterocycles. The van der Waals surface area contributed by atoms with Crippen molar-refractivity contribution in [1.82, 2.24) is 30.7 Å². The van der Waals surface area contributed by atoms with E-state index in [1.165, 1.54) is 11.1 Å². The van der Waals surface area contributed by atoms with Crippen LogP contribution in [0.4, 0.5) is 0 Å². The number of guanidine groups is 4. The van der Waals surface area contributed by atoms with Crippen molar-refractivity contribution in [1.29, 1.82) is 0 Å². The zero-order chi connectivity index (χ0) is 24.9. The van der Waals surface area contributed by atoms with E-state index in [4.69, 9.17) is 10.2 Å². The second kappa shape index (κ2) is 10.5. The summed E-state index contributed by atoms with van der Waals surface area (Å²) in [6.07, 6.45) is 6.06. The Bertz CT molecular complexity index is 1140. The molecule has 12 nitrogen and oxygen atoms in total. The van der Waals surface area contributed by atoms with E-state index in [1.807, 2.05) is 51.3 Å². The fourth-order valence-electron chi connectivity index (χ4n) is 3.90. The van der Waals surface area contributed by atoms with Crippen LogP contribution in [0.25, 0.3) is 0 Å². The van der Waals surface area contributed by atoms with Crippen LogP contribution in [0.15, 0.2) is 49.1 Å². The van der Waals surface area contributed by atoms with Crippen molar-refractivity contribution in [3.05, 3.63) is 47.2 Å². The average molecular weight is 482 g/mol. The molecule has 0 saturated heterocycles. The molecule has 35 heavy (non-hydrogen) atoms. The number of aromatic nitrogens is 1. The summed E-state index contributed by atoms with van der Waals surface area (Å²) in [4.78, 5) is 25.1. The Kier molecular flexibility index (Phi) is 7.28. The summed E-state index contributed by atoms with van der Waals surface area (Å²) >= 11 is 0. The van der Waals surface area contributed by atoms with Crippen LogP contribution in [-0.2, 0) is 19.5 Å². The molecule has 2 aliphatic rings. The predicted octanol–water partition coefficient (Wildman–Crippen LogP) is 0.893. The molecule has 4 heterocycles. The van der Waals surface area contributed by atoms with Gasteiger partial charge >= 0.3 is 0 Å². The first-order valence-electron chi connectivity index (χ1n) is 11.7. The van der Waals surface area contributed by atoms with Crippen LogP contribution in [0.2, 0.25) is 0 Å². The topological polar surface area (TPSA) is 147 Å². The third-order valence-corrected chi connectivity index (χ3v) is 5.88. The van der Waals surface area contributed by atoms with E-state index in [-0.39, 0.29) is 12.3 Å². The van der Waals surface area contributed by atoms with Gasteiger partial charge in [-0.15, -0.1) is 0 Å². The molecule has 12 heteroatoms. The molecular formula is C23H35N11O. The minimum absolute atomic E-state index is 0.168. The number of rotatable bonds is 7. The molecule has 0 spiro atoms. The maximum absolute atomic E-state index is 5.85. The Balaban J connectivity index is 1.31. The van der Waals surface area contributed by atoms with Crippen molar-refractivity contribution in [3.63, 3.8) is 0 Å². The number of likely N-dealkylation sites (N-methyl/N-ethyl adjacent to an activating group) is 1. The lowest BCUT2D eigenvalue weighted by atomic mass is 10.2. The minimum Gasteiger partial charge on any atom is -0.469 e. The van der Waals surface area contributed by atoms with E-state index < -0.39 is 0 Å². The first-order valence-corrected chi connectivity index (χ1v) is 11.7. The van der Waals surface area contributed by atoms with Gasteiger partial charge in [-0.3, -0.25) is 10.6 Å². The first kappa shape index (κ1) is 24.2. The standard InChI is InChI=1S/C23H35N11O/c1-14-10-25-11-18(14)12-26-21-28-16(3)30-23(32-21)33(4)8-6-19-17(7-9-35-19)13-34(5)22-29-15(2)27-20(24)31-22/h7,9-11,15-16,25H,6,8,12-13H2,1-5H3,(H3,24,27,29,31)(H2,26,28,30,32). The molecular weight excluding hydrogens is 446 g/mol. The Hall–Kier alpha value is -3.96. The predicted molar refractivity (Wildman–Crippen MR) is 138 cm³/mol. The molecule has 2 atom stereocenters. The van der Waals surface area contributed by atoms with Gasteiger partial charge in [0.1, 0.15) is 18.1 Å². The minimum atomic E-state index is -0.202. The molecule has 0 fully saturated rings. The van der Waals surface area contributed by atoms with Crippen molar-refractivity contribution in [2.75, 3.05) is 20.6 Å². The summed E-state index contributed by atoms with van der Waals surface area (Å²) < 4.78 is 5.80. The van der Waals surface area contributed by atoms with Gasteiger partial charge in [0, 0.05) is 58.1 Å². The number of nitrogens with two attached hydrogens (primary N) is 1. The average Bonchev–Trinajstić information content (AvgIpc) is 3.43. The van der Waals surface area contributed by atoms with E-state index in [9.17, 15) is 0 Å². The van der Waals surface area contributed by atoms with Crippen LogP contribution in [0.1, 0.15) is 36.3 Å². The SMILES string of the molecule is Cc1c[nH]cc1CNC1=NC(C)N=C(N(C)CCc2occc2CN(C)C2=NC(C)N=C(N)N2)N1. The number of aliphatic imine (C=N–C) groups is 4. The van der Waals surface area contributed by atoms with Gasteiger partial charge in [0.05, 0.1) is 6.26 Å². The zero-order valence-corrected chi connectivity index (χ0v) is 21.0. The molecule has 0 amide bonds. The number of nitrogens with zero attached hydrogens (tertiary/aromatic N) is 6. The Morgan fingerprint density at radius 2 is 1.74 bits per heavy atom. The molecule has 0 saturated carbocycles. The molecule has 188 valence electrons. The zero-order valence-electron chi connectivity index (χ0n) is 21.0. The van der Waals surface area contributed by atoms with Crippen molar-refractivity contribution >= 4 is 23.8 Å². The monoisotopic (exact) mass is 481 g/mol. The molecule has 4 rings (SSSR count). The van der Waals surface area contributed by atoms with Crippen LogP contribution >= 0.6 is 0 Å². The van der Waals surface area contributed by atoms with Gasteiger partial charge in [0.2, 0.25) is 17.9 Å². The molecule has 2 unspecified atom stereocenters. The summed E-state index contributed by atoms with van der Waals surface area (Å²) in [5, 5.41) is 9.71. The Morgan fingerprint density at radius 3 is 2.46 bits per heavy atom. The number of nitrogens with one attached hydrogen (secondary N) is 4. The van der Waals surface area contributed by atoms with E-state index in [2.05, 4.69) is 52.7 Å². The lowest BCUT2D eigenvalue weighted by molar-refractivity contribution is 0.426. The van der Waals surface area contributed by atoms with Crippen molar-refractivity contribution in [2.45, 2.75) is 52.6 Å². The lowest BCUT2D eigenvalue weighted by Crippen LogP contribution is -2.50. The van der Waals surface area contributed by atoms with Gasteiger partial charge < -0.3 is 30.3 Å². The summed E-state index contributed by atoms with van der Waals surface area (Å²) in [5.74, 6) is 3.48. The van der Waals surface area contributed by atoms with E-state index >= 15 is 0 Å². The number of hydrogen-bond acceptors (Lipinski definition) is 11. The fourth-order valence-corrected chi connectivity index (χ4v) is 3.90. The number of aromatic amines is 1. The van der Waals surface area contributed by atoms with E-state index in [0.29, 0.717) is 31.0 Å². The molecule has 6 N–H and O–H groups in total. The Morgan fingerprint density at radius 1 is 1.00 bits per heavy atom. The Labute approximate surface area is 205 Å². The van der Waals surface area contributed by atoms with Gasteiger partial charge in [0.15, 0.2) is 5.96 Å². The maximum Gasteiger partial charge on any atom is 0.202 e. The molecule has 2 aromatic rings. The van der Waals surface area contributed by atoms with Crippen LogP contribution in [0, 0.1) is 6.92 Å². The quantitative estimate of drug-likeness (QED) is 0.395. The largest absolute Gasteiger partial charge is 0.469 e. The normalized spacial score (nSPS) is 19.6. The van der Waals surface area contributed by atoms with Gasteiger partial charge in [-0.05, 0) is 38.0 Å². The van der Waals surface area contributed by atoms with Crippen LogP contribution in [-0.4, -0.2) is 71.6 Å². The number of furan rings is 1. The van der Waals surface area contributed by atoms with Crippen molar-refractivity contribution < 1.29 is 4.42 Å². The number of H-pyrrole nitrogens is 1. The van der Waals surface area contributed by atoms with Gasteiger partial charge in [-0.2, -0.15) is 0 Å². The highest BCUT2D eigenvalue weighted by molar-refractivity contribution is 6.00. The maximum atomic E-state index is 5.85. The second-order valence-corrected chi connectivity index (χ2v) is 8.82. The molecule has 0 bridgehead atoms. The second-order valence-electron chi connectivity index (χ2n) is 8.82. The third-order valence-electron chi connectivity index (χ3n) is 5.88. The van der Waals surface area contributed by atoms with Gasteiger partial charge in [-0.25, -0.2) is 20.0 Å². The van der Waals surface area contributed by atoms with E-state index in [1.54, 1.807) is 6.26 Å².